The molecule has 0 aromatic carbocycles. The van der Waals surface area contributed by atoms with Gasteiger partial charge in [-0.3, -0.25) is 13.8 Å². The number of carbonyl (C=O) groups is 2. The zero-order valence-corrected chi connectivity index (χ0v) is 10.1. The molecule has 1 aliphatic carbocycles. The van der Waals surface area contributed by atoms with Crippen molar-refractivity contribution in [2.45, 2.75) is 19.3 Å². The van der Waals surface area contributed by atoms with Crippen molar-refractivity contribution >= 4 is 22.7 Å². The van der Waals surface area contributed by atoms with E-state index in [9.17, 15) is 13.8 Å². The van der Waals surface area contributed by atoms with Gasteiger partial charge in [-0.05, 0) is 19.3 Å². The van der Waals surface area contributed by atoms with Crippen molar-refractivity contribution in [2.24, 2.45) is 11.8 Å². The Morgan fingerprint density at radius 2 is 2.00 bits per heavy atom. The second kappa shape index (κ2) is 5.98. The molecule has 0 aliphatic heterocycles. The molecule has 1 rings (SSSR count). The lowest BCUT2D eigenvalue weighted by Crippen LogP contribution is -2.32. The molecule has 0 aromatic rings. The molecule has 1 fully saturated rings. The number of carbonyl (C=O) groups excluding carboxylic acids is 1. The first-order chi connectivity index (χ1) is 7.50. The molecule has 0 heterocycles. The van der Waals surface area contributed by atoms with E-state index in [2.05, 4.69) is 5.32 Å². The molecule has 1 saturated carbocycles. The van der Waals surface area contributed by atoms with Crippen molar-refractivity contribution in [3.8, 4) is 0 Å². The van der Waals surface area contributed by atoms with E-state index in [1.165, 1.54) is 0 Å². The van der Waals surface area contributed by atoms with Crippen LogP contribution in [0.2, 0.25) is 0 Å². The van der Waals surface area contributed by atoms with E-state index in [-0.39, 0.29) is 17.7 Å². The lowest BCUT2D eigenvalue weighted by Gasteiger charge is -2.09. The van der Waals surface area contributed by atoms with Gasteiger partial charge >= 0.3 is 5.97 Å². The minimum Gasteiger partial charge on any atom is -0.481 e. The van der Waals surface area contributed by atoms with Crippen LogP contribution in [0.3, 0.4) is 0 Å². The zero-order valence-electron chi connectivity index (χ0n) is 9.27. The Labute approximate surface area is 97.1 Å². The van der Waals surface area contributed by atoms with E-state index in [0.717, 1.165) is 0 Å². The number of nitrogens with one attached hydrogen (secondary N) is 1. The predicted octanol–water partition coefficient (Wildman–Crippen LogP) is -0.0180. The largest absolute Gasteiger partial charge is 0.481 e. The molecule has 92 valence electrons. The fourth-order valence-corrected chi connectivity index (χ4v) is 2.30. The van der Waals surface area contributed by atoms with Crippen LogP contribution in [-0.2, 0) is 20.4 Å². The van der Waals surface area contributed by atoms with Crippen LogP contribution < -0.4 is 5.32 Å². The van der Waals surface area contributed by atoms with Crippen molar-refractivity contribution in [1.29, 1.82) is 0 Å². The fraction of sp³-hybridized carbons (Fsp3) is 0.800. The highest BCUT2D eigenvalue weighted by molar-refractivity contribution is 7.84. The highest BCUT2D eigenvalue weighted by atomic mass is 32.2. The van der Waals surface area contributed by atoms with Gasteiger partial charge in [0.05, 0.1) is 5.92 Å². The molecule has 6 heteroatoms. The lowest BCUT2D eigenvalue weighted by molar-refractivity contribution is -0.141. The molecule has 1 unspecified atom stereocenters. The van der Waals surface area contributed by atoms with E-state index < -0.39 is 16.8 Å². The molecule has 2 N–H and O–H groups in total. The standard InChI is InChI=1S/C10H17NO4S/c1-16(15)5-4-11-9(12)7-2-3-8(6-7)10(13)14/h7-8H,2-6H2,1H3,(H,11,12)(H,13,14)/t7-,8+,16?/m1/s1. The van der Waals surface area contributed by atoms with Crippen LogP contribution in [0.15, 0.2) is 0 Å². The maximum Gasteiger partial charge on any atom is 0.306 e. The third kappa shape index (κ3) is 3.92. The first-order valence-corrected chi connectivity index (χ1v) is 7.04. The van der Waals surface area contributed by atoms with Crippen LogP contribution in [-0.4, -0.2) is 39.7 Å². The molecule has 0 spiro atoms. The van der Waals surface area contributed by atoms with Crippen LogP contribution in [0.1, 0.15) is 19.3 Å². The monoisotopic (exact) mass is 247 g/mol. The number of hydrogen-bond donors (Lipinski definition) is 2. The van der Waals surface area contributed by atoms with Crippen molar-refractivity contribution in [1.82, 2.24) is 5.32 Å². The number of hydrogen-bond acceptors (Lipinski definition) is 3. The molecule has 1 aliphatic rings. The quantitative estimate of drug-likeness (QED) is 0.715. The van der Waals surface area contributed by atoms with E-state index in [4.69, 9.17) is 5.11 Å². The zero-order chi connectivity index (χ0) is 12.1. The van der Waals surface area contributed by atoms with E-state index >= 15 is 0 Å². The number of carboxylic acids is 1. The first-order valence-electron chi connectivity index (χ1n) is 5.31. The summed E-state index contributed by atoms with van der Waals surface area (Å²) in [5.74, 6) is -1.04. The maximum atomic E-state index is 11.6. The maximum absolute atomic E-state index is 11.6. The van der Waals surface area contributed by atoms with Crippen molar-refractivity contribution in [3.63, 3.8) is 0 Å². The summed E-state index contributed by atoms with van der Waals surface area (Å²) in [6.45, 7) is 0.399. The molecule has 16 heavy (non-hydrogen) atoms. The summed E-state index contributed by atoms with van der Waals surface area (Å²) in [6.07, 6.45) is 3.23. The molecule has 0 saturated heterocycles. The van der Waals surface area contributed by atoms with Gasteiger partial charge in [0.1, 0.15) is 0 Å². The highest BCUT2D eigenvalue weighted by Gasteiger charge is 2.33. The Balaban J connectivity index is 2.28. The summed E-state index contributed by atoms with van der Waals surface area (Å²) < 4.78 is 10.8. The molecule has 0 radical (unpaired) electrons. The Bertz CT molecular complexity index is 305. The van der Waals surface area contributed by atoms with Gasteiger partial charge in [-0.15, -0.1) is 0 Å². The summed E-state index contributed by atoms with van der Waals surface area (Å²) in [6, 6.07) is 0. The summed E-state index contributed by atoms with van der Waals surface area (Å²) in [7, 11) is -0.907. The summed E-state index contributed by atoms with van der Waals surface area (Å²) in [5.41, 5.74) is 0. The lowest BCUT2D eigenvalue weighted by atomic mass is 10.0. The van der Waals surface area contributed by atoms with Crippen LogP contribution >= 0.6 is 0 Å². The minimum atomic E-state index is -0.907. The number of carboxylic acid groups (broad SMARTS) is 1. The van der Waals surface area contributed by atoms with Crippen LogP contribution in [0, 0.1) is 11.8 Å². The van der Waals surface area contributed by atoms with Gasteiger partial charge in [0.25, 0.3) is 0 Å². The molecular formula is C10H17NO4S. The second-order valence-electron chi connectivity index (χ2n) is 4.11. The van der Waals surface area contributed by atoms with Gasteiger partial charge in [-0.2, -0.15) is 0 Å². The van der Waals surface area contributed by atoms with Crippen molar-refractivity contribution in [3.05, 3.63) is 0 Å². The van der Waals surface area contributed by atoms with Gasteiger partial charge in [0, 0.05) is 35.3 Å². The normalized spacial score (nSPS) is 26.3. The first kappa shape index (κ1) is 13.2. The third-order valence-electron chi connectivity index (χ3n) is 2.84. The van der Waals surface area contributed by atoms with E-state index in [0.29, 0.717) is 31.6 Å². The topological polar surface area (TPSA) is 83.5 Å². The van der Waals surface area contributed by atoms with Crippen molar-refractivity contribution < 1.29 is 18.9 Å². The number of rotatable bonds is 5. The van der Waals surface area contributed by atoms with Gasteiger partial charge in [0.15, 0.2) is 0 Å². The van der Waals surface area contributed by atoms with Crippen LogP contribution in [0.4, 0.5) is 0 Å². The Morgan fingerprint density at radius 1 is 1.38 bits per heavy atom. The average Bonchev–Trinajstić information content (AvgIpc) is 2.65. The number of amides is 1. The Hall–Kier alpha value is -0.910. The minimum absolute atomic E-state index is 0.103. The molecular weight excluding hydrogens is 230 g/mol. The number of aliphatic carboxylic acids is 1. The second-order valence-corrected chi connectivity index (χ2v) is 5.67. The summed E-state index contributed by atoms with van der Waals surface area (Å²) in [5, 5.41) is 11.5. The third-order valence-corrected chi connectivity index (χ3v) is 3.62. The highest BCUT2D eigenvalue weighted by Crippen LogP contribution is 2.30. The van der Waals surface area contributed by atoms with E-state index in [1.54, 1.807) is 6.26 Å². The smallest absolute Gasteiger partial charge is 0.306 e. The molecule has 1 amide bonds. The molecule has 5 nitrogen and oxygen atoms in total. The summed E-state index contributed by atoms with van der Waals surface area (Å²) in [4.78, 5) is 22.3. The van der Waals surface area contributed by atoms with Gasteiger partial charge in [-0.25, -0.2) is 0 Å². The summed E-state index contributed by atoms with van der Waals surface area (Å²) >= 11 is 0. The van der Waals surface area contributed by atoms with E-state index in [1.807, 2.05) is 0 Å². The molecule has 3 atom stereocenters. The van der Waals surface area contributed by atoms with Gasteiger partial charge in [0.2, 0.25) is 5.91 Å². The average molecular weight is 247 g/mol. The Morgan fingerprint density at radius 3 is 2.50 bits per heavy atom. The predicted molar refractivity (Wildman–Crippen MR) is 60.4 cm³/mol. The van der Waals surface area contributed by atoms with Crippen LogP contribution in [0.5, 0.6) is 0 Å². The molecule has 0 bridgehead atoms. The van der Waals surface area contributed by atoms with Gasteiger partial charge in [-0.1, -0.05) is 0 Å². The fourth-order valence-electron chi connectivity index (χ4n) is 1.91. The molecule has 0 aromatic heterocycles. The van der Waals surface area contributed by atoms with Crippen LogP contribution in [0.25, 0.3) is 0 Å². The SMILES string of the molecule is CS(=O)CCNC(=O)[C@@H]1CC[C@H](C(=O)O)C1. The van der Waals surface area contributed by atoms with Crippen molar-refractivity contribution in [2.75, 3.05) is 18.6 Å². The Kier molecular flexibility index (Phi) is 4.92. The van der Waals surface area contributed by atoms with Gasteiger partial charge < -0.3 is 10.4 Å².